The summed E-state index contributed by atoms with van der Waals surface area (Å²) in [5.41, 5.74) is 7.55. The Labute approximate surface area is 307 Å². The highest BCUT2D eigenvalue weighted by Crippen LogP contribution is 2.42. The molecule has 280 valence electrons. The third kappa shape index (κ3) is 8.80. The van der Waals surface area contributed by atoms with Gasteiger partial charge in [0, 0.05) is 94.5 Å². The number of aromatic nitrogens is 1. The van der Waals surface area contributed by atoms with Gasteiger partial charge in [-0.1, -0.05) is 36.4 Å². The lowest BCUT2D eigenvalue weighted by atomic mass is 9.70. The Balaban J connectivity index is 1.30. The van der Waals surface area contributed by atoms with Crippen molar-refractivity contribution >= 4 is 23.4 Å². The van der Waals surface area contributed by atoms with Gasteiger partial charge in [0.05, 0.1) is 16.7 Å². The number of piperidine rings is 1. The van der Waals surface area contributed by atoms with Crippen molar-refractivity contribution in [1.29, 1.82) is 0 Å². The number of benzene rings is 2. The highest BCUT2D eigenvalue weighted by Gasteiger charge is 2.42. The Morgan fingerprint density at radius 3 is 2.51 bits per heavy atom. The fourth-order valence-electron chi connectivity index (χ4n) is 7.30. The van der Waals surface area contributed by atoms with Crippen molar-refractivity contribution < 1.29 is 27.6 Å². The van der Waals surface area contributed by atoms with E-state index in [1.807, 2.05) is 18.2 Å². The third-order valence-corrected chi connectivity index (χ3v) is 10.4. The molecular formula is C40H46F3N7O3. The first kappa shape index (κ1) is 37.7. The SMILES string of the molecule is CN(CCN1CCNCC1)C(=O)C1=CC=CC(C(N)=O)(c2ccc(N3CCCCC3)cc2-c2cc(C(=O)NCc3cccc(C(F)(F)F)c3)ccn2)C1. The van der Waals surface area contributed by atoms with Gasteiger partial charge in [0.15, 0.2) is 0 Å². The van der Waals surface area contributed by atoms with E-state index in [-0.39, 0.29) is 24.4 Å². The number of piperazine rings is 1. The molecule has 53 heavy (non-hydrogen) atoms. The Morgan fingerprint density at radius 1 is 1.00 bits per heavy atom. The summed E-state index contributed by atoms with van der Waals surface area (Å²) < 4.78 is 39.8. The number of nitrogens with one attached hydrogen (secondary N) is 2. The summed E-state index contributed by atoms with van der Waals surface area (Å²) in [5.74, 6) is -1.31. The van der Waals surface area contributed by atoms with E-state index in [0.717, 1.165) is 82.9 Å². The van der Waals surface area contributed by atoms with E-state index in [2.05, 4.69) is 25.4 Å². The average molecular weight is 730 g/mol. The highest BCUT2D eigenvalue weighted by molar-refractivity contribution is 6.00. The number of halogens is 3. The van der Waals surface area contributed by atoms with Crippen LogP contribution in [0.3, 0.4) is 0 Å². The minimum atomic E-state index is -4.50. The zero-order valence-corrected chi connectivity index (χ0v) is 29.9. The van der Waals surface area contributed by atoms with E-state index < -0.39 is 29.0 Å². The number of rotatable bonds is 11. The van der Waals surface area contributed by atoms with E-state index in [4.69, 9.17) is 5.73 Å². The van der Waals surface area contributed by atoms with Crippen molar-refractivity contribution in [3.8, 4) is 11.3 Å². The summed E-state index contributed by atoms with van der Waals surface area (Å²) in [5, 5.41) is 6.05. The van der Waals surface area contributed by atoms with Gasteiger partial charge in [0.1, 0.15) is 0 Å². The van der Waals surface area contributed by atoms with Crippen molar-refractivity contribution in [1.82, 2.24) is 25.4 Å². The Bertz CT molecular complexity index is 1880. The predicted molar refractivity (Wildman–Crippen MR) is 198 cm³/mol. The van der Waals surface area contributed by atoms with Gasteiger partial charge in [0.2, 0.25) is 11.8 Å². The van der Waals surface area contributed by atoms with Crippen LogP contribution in [-0.2, 0) is 27.7 Å². The fourth-order valence-corrected chi connectivity index (χ4v) is 7.30. The van der Waals surface area contributed by atoms with E-state index in [1.165, 1.54) is 24.4 Å². The molecular weight excluding hydrogens is 683 g/mol. The number of nitrogens with zero attached hydrogens (tertiary/aromatic N) is 4. The molecule has 4 N–H and O–H groups in total. The van der Waals surface area contributed by atoms with Gasteiger partial charge in [-0.15, -0.1) is 0 Å². The van der Waals surface area contributed by atoms with E-state index in [1.54, 1.807) is 36.2 Å². The summed E-state index contributed by atoms with van der Waals surface area (Å²) >= 11 is 0. The first-order valence-corrected chi connectivity index (χ1v) is 18.1. The summed E-state index contributed by atoms with van der Waals surface area (Å²) in [6, 6.07) is 13.8. The van der Waals surface area contributed by atoms with Crippen LogP contribution in [0.2, 0.25) is 0 Å². The van der Waals surface area contributed by atoms with Crippen LogP contribution in [0.15, 0.2) is 84.6 Å². The minimum absolute atomic E-state index is 0.0445. The molecule has 3 aromatic rings. The van der Waals surface area contributed by atoms with Gasteiger partial charge in [-0.3, -0.25) is 24.3 Å². The highest BCUT2D eigenvalue weighted by atomic mass is 19.4. The number of hydrogen-bond donors (Lipinski definition) is 3. The van der Waals surface area contributed by atoms with Crippen LogP contribution in [0.25, 0.3) is 11.3 Å². The first-order valence-electron chi connectivity index (χ1n) is 18.1. The fraction of sp³-hybridized carbons (Fsp3) is 0.400. The molecule has 2 saturated heterocycles. The van der Waals surface area contributed by atoms with E-state index >= 15 is 0 Å². The number of primary amides is 1. The van der Waals surface area contributed by atoms with E-state index in [9.17, 15) is 27.6 Å². The maximum absolute atomic E-state index is 13.8. The molecule has 1 atom stereocenters. The summed E-state index contributed by atoms with van der Waals surface area (Å²) in [4.78, 5) is 51.7. The van der Waals surface area contributed by atoms with Crippen molar-refractivity contribution in [2.75, 3.05) is 64.3 Å². The zero-order chi connectivity index (χ0) is 37.6. The smallest absolute Gasteiger partial charge is 0.372 e. The first-order chi connectivity index (χ1) is 25.4. The number of carbonyl (C=O) groups excluding carboxylic acids is 3. The van der Waals surface area contributed by atoms with Crippen LogP contribution >= 0.6 is 0 Å². The average Bonchev–Trinajstić information content (AvgIpc) is 3.19. The molecule has 3 heterocycles. The molecule has 0 bridgehead atoms. The van der Waals surface area contributed by atoms with Crippen molar-refractivity contribution in [2.45, 2.75) is 43.8 Å². The van der Waals surface area contributed by atoms with Gasteiger partial charge in [0.25, 0.3) is 5.91 Å². The molecule has 13 heteroatoms. The van der Waals surface area contributed by atoms with Gasteiger partial charge in [-0.05, 0) is 73.2 Å². The van der Waals surface area contributed by atoms with E-state index in [0.29, 0.717) is 34.5 Å². The van der Waals surface area contributed by atoms with Crippen LogP contribution in [0.5, 0.6) is 0 Å². The molecule has 1 aromatic heterocycles. The van der Waals surface area contributed by atoms with Crippen molar-refractivity contribution in [3.63, 3.8) is 0 Å². The molecule has 0 saturated carbocycles. The predicted octanol–water partition coefficient (Wildman–Crippen LogP) is 4.66. The number of allylic oxidation sites excluding steroid dienone is 2. The molecule has 0 spiro atoms. The molecule has 2 aromatic carbocycles. The second-order valence-corrected chi connectivity index (χ2v) is 14.0. The second-order valence-electron chi connectivity index (χ2n) is 14.0. The normalized spacial score (nSPS) is 19.4. The van der Waals surface area contributed by atoms with Crippen LogP contribution in [-0.4, -0.2) is 91.9 Å². The van der Waals surface area contributed by atoms with Crippen molar-refractivity contribution in [2.24, 2.45) is 5.73 Å². The maximum Gasteiger partial charge on any atom is 0.416 e. The standard InChI is InChI=1S/C40H46F3N7O3/c1-48(21-22-49-19-15-45-16-20-49)37(52)30-8-6-13-39(26-30,38(44)53)34-11-10-32(50-17-3-2-4-18-50)25-33(34)35-24-29(12-14-46-35)36(51)47-27-28-7-5-9-31(23-28)40(41,42)43/h5-14,23-25,45H,2-4,15-22,26-27H2,1H3,(H2,44,53)(H,47,51). The number of alkyl halides is 3. The summed E-state index contributed by atoms with van der Waals surface area (Å²) in [7, 11) is 1.77. The largest absolute Gasteiger partial charge is 0.416 e. The number of carbonyl (C=O) groups is 3. The lowest BCUT2D eigenvalue weighted by molar-refractivity contribution is -0.137. The number of likely N-dealkylation sites (N-methyl/N-ethyl adjacent to an activating group) is 1. The number of anilines is 1. The van der Waals surface area contributed by atoms with Crippen LogP contribution in [0.4, 0.5) is 18.9 Å². The number of hydrogen-bond acceptors (Lipinski definition) is 7. The Hall–Kier alpha value is -5.01. The van der Waals surface area contributed by atoms with Gasteiger partial charge in [-0.25, -0.2) is 0 Å². The molecule has 10 nitrogen and oxygen atoms in total. The number of pyridine rings is 1. The van der Waals surface area contributed by atoms with Crippen LogP contribution in [0, 0.1) is 0 Å². The zero-order valence-electron chi connectivity index (χ0n) is 29.9. The Morgan fingerprint density at radius 2 is 1.77 bits per heavy atom. The summed E-state index contributed by atoms with van der Waals surface area (Å²) in [6.45, 7) is 6.56. The van der Waals surface area contributed by atoms with Crippen LogP contribution in [0.1, 0.15) is 52.7 Å². The monoisotopic (exact) mass is 729 g/mol. The molecule has 1 unspecified atom stereocenters. The molecule has 2 aliphatic heterocycles. The topological polar surface area (TPSA) is 124 Å². The third-order valence-electron chi connectivity index (χ3n) is 10.4. The molecule has 2 fully saturated rings. The molecule has 1 aliphatic carbocycles. The lowest BCUT2D eigenvalue weighted by Crippen LogP contribution is -2.47. The molecule has 6 rings (SSSR count). The minimum Gasteiger partial charge on any atom is -0.372 e. The molecule has 0 radical (unpaired) electrons. The maximum atomic E-state index is 13.8. The second kappa shape index (κ2) is 16.3. The van der Waals surface area contributed by atoms with Crippen molar-refractivity contribution in [3.05, 3.63) is 107 Å². The molecule has 3 amide bonds. The number of amides is 3. The Kier molecular flexibility index (Phi) is 11.6. The van der Waals surface area contributed by atoms with Gasteiger partial charge >= 0.3 is 6.18 Å². The number of nitrogens with two attached hydrogens (primary N) is 1. The van der Waals surface area contributed by atoms with Gasteiger partial charge in [-0.2, -0.15) is 13.2 Å². The quantitative estimate of drug-likeness (QED) is 0.263. The lowest BCUT2D eigenvalue weighted by Gasteiger charge is -2.35. The summed E-state index contributed by atoms with van der Waals surface area (Å²) in [6.07, 6.45) is 5.44. The van der Waals surface area contributed by atoms with Gasteiger partial charge < -0.3 is 26.2 Å². The van der Waals surface area contributed by atoms with Crippen LogP contribution < -0.4 is 21.3 Å². The molecule has 3 aliphatic rings.